The summed E-state index contributed by atoms with van der Waals surface area (Å²) in [5.41, 5.74) is 2.42. The molecular formula is C16H17Cl2NO2. The topological polar surface area (TPSA) is 35.3 Å². The van der Waals surface area contributed by atoms with E-state index in [0.29, 0.717) is 27.7 Å². The van der Waals surface area contributed by atoms with Gasteiger partial charge in [0.2, 0.25) is 0 Å². The summed E-state index contributed by atoms with van der Waals surface area (Å²) in [5.74, 6) is 0.865. The first-order valence-electron chi connectivity index (χ1n) is 6.78. The van der Waals surface area contributed by atoms with Gasteiger partial charge < -0.3 is 9.26 Å². The van der Waals surface area contributed by atoms with Gasteiger partial charge in [-0.3, -0.25) is 0 Å². The maximum absolute atomic E-state index is 6.27. The van der Waals surface area contributed by atoms with Gasteiger partial charge in [0.15, 0.2) is 0 Å². The normalized spacial score (nSPS) is 11.2. The minimum Gasteiger partial charge on any atom is -0.505 e. The second kappa shape index (κ2) is 7.53. The van der Waals surface area contributed by atoms with Crippen LogP contribution in [0.25, 0.3) is 11.3 Å². The highest BCUT2D eigenvalue weighted by Gasteiger charge is 2.20. The first-order chi connectivity index (χ1) is 10.2. The largest absolute Gasteiger partial charge is 0.505 e. The highest BCUT2D eigenvalue weighted by Crippen LogP contribution is 2.37. The number of ether oxygens (including phenoxy) is 1. The molecule has 0 fully saturated rings. The number of methoxy groups -OCH3 is 1. The molecule has 1 aromatic heterocycles. The zero-order valence-electron chi connectivity index (χ0n) is 12.0. The maximum atomic E-state index is 6.27. The zero-order valence-corrected chi connectivity index (χ0v) is 13.5. The van der Waals surface area contributed by atoms with Crippen LogP contribution < -0.4 is 0 Å². The summed E-state index contributed by atoms with van der Waals surface area (Å²) in [5, 5.41) is 5.32. The van der Waals surface area contributed by atoms with Crippen molar-refractivity contribution in [2.24, 2.45) is 0 Å². The minimum atomic E-state index is 0.566. The number of benzene rings is 1. The van der Waals surface area contributed by atoms with E-state index in [1.807, 2.05) is 12.1 Å². The van der Waals surface area contributed by atoms with Crippen LogP contribution in [0.15, 0.2) is 35.1 Å². The lowest BCUT2D eigenvalue weighted by molar-refractivity contribution is 0.336. The molecule has 0 unspecified atom stereocenters. The first kappa shape index (κ1) is 15.9. The Morgan fingerprint density at radius 3 is 2.62 bits per heavy atom. The van der Waals surface area contributed by atoms with E-state index in [9.17, 15) is 0 Å². The number of halogens is 2. The lowest BCUT2D eigenvalue weighted by Crippen LogP contribution is -1.92. The summed E-state index contributed by atoms with van der Waals surface area (Å²) >= 11 is 12.5. The van der Waals surface area contributed by atoms with Gasteiger partial charge in [0.1, 0.15) is 11.5 Å². The Kier molecular flexibility index (Phi) is 5.71. The minimum absolute atomic E-state index is 0.566. The van der Waals surface area contributed by atoms with E-state index < -0.39 is 0 Å². The third kappa shape index (κ3) is 3.60. The van der Waals surface area contributed by atoms with Gasteiger partial charge in [0.05, 0.1) is 23.4 Å². The molecule has 112 valence electrons. The van der Waals surface area contributed by atoms with E-state index in [4.69, 9.17) is 32.5 Å². The van der Waals surface area contributed by atoms with Gasteiger partial charge in [-0.2, -0.15) is 0 Å². The Hall–Kier alpha value is -1.45. The van der Waals surface area contributed by atoms with Gasteiger partial charge in [-0.25, -0.2) is 0 Å². The highest BCUT2D eigenvalue weighted by atomic mass is 35.5. The molecule has 0 bridgehead atoms. The molecular weight excluding hydrogens is 309 g/mol. The van der Waals surface area contributed by atoms with E-state index in [1.54, 1.807) is 25.5 Å². The zero-order chi connectivity index (χ0) is 15.2. The van der Waals surface area contributed by atoms with Crippen LogP contribution in [0.1, 0.15) is 24.7 Å². The fraction of sp³-hybridized carbons (Fsp3) is 0.312. The second-order valence-electron chi connectivity index (χ2n) is 4.59. The Balaban J connectivity index is 2.50. The average Bonchev–Trinajstić information content (AvgIpc) is 2.83. The molecule has 0 amide bonds. The molecule has 2 aromatic rings. The predicted molar refractivity (Wildman–Crippen MR) is 85.8 cm³/mol. The predicted octanol–water partition coefficient (Wildman–Crippen LogP) is 5.30. The molecule has 1 aromatic carbocycles. The van der Waals surface area contributed by atoms with Crippen molar-refractivity contribution >= 4 is 23.2 Å². The van der Waals surface area contributed by atoms with Crippen LogP contribution in [0.5, 0.6) is 0 Å². The molecule has 5 heteroatoms. The van der Waals surface area contributed by atoms with Crippen LogP contribution in [-0.4, -0.2) is 12.3 Å². The van der Waals surface area contributed by atoms with Gasteiger partial charge in [-0.1, -0.05) is 41.3 Å². The van der Waals surface area contributed by atoms with Crippen molar-refractivity contribution in [2.45, 2.75) is 26.2 Å². The van der Waals surface area contributed by atoms with E-state index in [-0.39, 0.29) is 0 Å². The van der Waals surface area contributed by atoms with E-state index in [2.05, 4.69) is 12.1 Å². The van der Waals surface area contributed by atoms with Gasteiger partial charge >= 0.3 is 0 Å². The molecule has 0 aliphatic carbocycles. The van der Waals surface area contributed by atoms with E-state index in [0.717, 1.165) is 24.2 Å². The quantitative estimate of drug-likeness (QED) is 0.675. The van der Waals surface area contributed by atoms with Crippen LogP contribution >= 0.6 is 23.2 Å². The molecule has 0 aliphatic rings. The van der Waals surface area contributed by atoms with Crippen molar-refractivity contribution in [2.75, 3.05) is 7.11 Å². The summed E-state index contributed by atoms with van der Waals surface area (Å²) in [7, 11) is 1.61. The van der Waals surface area contributed by atoms with Crippen molar-refractivity contribution < 1.29 is 9.26 Å². The van der Waals surface area contributed by atoms with Crippen molar-refractivity contribution in [3.63, 3.8) is 0 Å². The van der Waals surface area contributed by atoms with Crippen LogP contribution in [0.2, 0.25) is 10.0 Å². The second-order valence-corrected chi connectivity index (χ2v) is 5.41. The Labute approximate surface area is 134 Å². The monoisotopic (exact) mass is 325 g/mol. The fourth-order valence-electron chi connectivity index (χ4n) is 2.16. The average molecular weight is 326 g/mol. The Morgan fingerprint density at radius 1 is 1.29 bits per heavy atom. The molecule has 0 aliphatic heterocycles. The van der Waals surface area contributed by atoms with Gasteiger partial charge in [0, 0.05) is 17.5 Å². The molecule has 0 saturated carbocycles. The number of aromatic nitrogens is 1. The molecule has 3 nitrogen and oxygen atoms in total. The summed E-state index contributed by atoms with van der Waals surface area (Å²) in [6.45, 7) is 2.10. The highest BCUT2D eigenvalue weighted by molar-refractivity contribution is 6.39. The molecule has 0 N–H and O–H groups in total. The Morgan fingerprint density at radius 2 is 2.00 bits per heavy atom. The smallest absolute Gasteiger partial charge is 0.140 e. The van der Waals surface area contributed by atoms with Crippen molar-refractivity contribution in [3.8, 4) is 11.3 Å². The third-order valence-electron chi connectivity index (χ3n) is 3.10. The molecule has 21 heavy (non-hydrogen) atoms. The molecule has 0 saturated heterocycles. The number of hydrogen-bond acceptors (Lipinski definition) is 3. The van der Waals surface area contributed by atoms with Gasteiger partial charge in [-0.05, 0) is 31.1 Å². The van der Waals surface area contributed by atoms with Crippen LogP contribution in [0.3, 0.4) is 0 Å². The van der Waals surface area contributed by atoms with E-state index >= 15 is 0 Å². The van der Waals surface area contributed by atoms with E-state index in [1.165, 1.54) is 0 Å². The van der Waals surface area contributed by atoms with Crippen LogP contribution in [0.4, 0.5) is 0 Å². The first-order valence-corrected chi connectivity index (χ1v) is 7.54. The lowest BCUT2D eigenvalue weighted by Gasteiger charge is -2.05. The number of allylic oxidation sites excluding steroid dienone is 1. The number of nitrogens with zero attached hydrogens (tertiary/aromatic N) is 1. The molecule has 0 spiro atoms. The Bertz CT molecular complexity index is 615. The standard InChI is InChI=1S/C16H17Cl2NO2/c1-3-6-14-11(7-5-10-20-2)16(19-21-14)15-12(17)8-4-9-13(15)18/h4-5,8-10H,3,6-7H2,1-2H3/b10-5-. The van der Waals surface area contributed by atoms with Crippen LogP contribution in [-0.2, 0) is 17.6 Å². The summed E-state index contributed by atoms with van der Waals surface area (Å²) in [6, 6.07) is 5.41. The van der Waals surface area contributed by atoms with Crippen LogP contribution in [0, 0.1) is 0 Å². The fourth-order valence-corrected chi connectivity index (χ4v) is 2.74. The molecule has 0 radical (unpaired) electrons. The number of hydrogen-bond donors (Lipinski definition) is 0. The molecule has 0 atom stereocenters. The van der Waals surface area contributed by atoms with Gasteiger partial charge in [0.25, 0.3) is 0 Å². The van der Waals surface area contributed by atoms with Crippen molar-refractivity contribution in [1.29, 1.82) is 0 Å². The van der Waals surface area contributed by atoms with Gasteiger partial charge in [-0.15, -0.1) is 0 Å². The van der Waals surface area contributed by atoms with Crippen molar-refractivity contribution in [3.05, 3.63) is 51.9 Å². The lowest BCUT2D eigenvalue weighted by atomic mass is 10.0. The molecule has 2 rings (SSSR count). The number of aryl methyl sites for hydroxylation is 1. The molecule has 1 heterocycles. The number of rotatable bonds is 6. The summed E-state index contributed by atoms with van der Waals surface area (Å²) in [4.78, 5) is 0. The maximum Gasteiger partial charge on any atom is 0.140 e. The van der Waals surface area contributed by atoms with Crippen molar-refractivity contribution in [1.82, 2.24) is 5.16 Å². The summed E-state index contributed by atoms with van der Waals surface area (Å²) < 4.78 is 10.4. The SMILES string of the molecule is CCCc1onc(-c2c(Cl)cccc2Cl)c1C/C=C\OC. The summed E-state index contributed by atoms with van der Waals surface area (Å²) in [6.07, 6.45) is 6.02. The third-order valence-corrected chi connectivity index (χ3v) is 3.73.